The van der Waals surface area contributed by atoms with Crippen molar-refractivity contribution in [3.8, 4) is 0 Å². The maximum atomic E-state index is 8.68. The second kappa shape index (κ2) is 5.02. The molecule has 1 atom stereocenters. The number of hydrogen-bond acceptors (Lipinski definition) is 4. The van der Waals surface area contributed by atoms with Gasteiger partial charge in [-0.1, -0.05) is 0 Å². The Morgan fingerprint density at radius 2 is 2.21 bits per heavy atom. The van der Waals surface area contributed by atoms with Gasteiger partial charge in [0.25, 0.3) is 0 Å². The van der Waals surface area contributed by atoms with Gasteiger partial charge in [0, 0.05) is 30.0 Å². The number of nitrogens with one attached hydrogen (secondary N) is 1. The number of rotatable bonds is 4. The van der Waals surface area contributed by atoms with Crippen molar-refractivity contribution in [3.63, 3.8) is 0 Å². The first kappa shape index (κ1) is 11.1. The molecule has 0 aliphatic heterocycles. The number of aromatic nitrogens is 2. The van der Waals surface area contributed by atoms with E-state index in [0.717, 1.165) is 17.1 Å². The highest BCUT2D eigenvalue weighted by Crippen LogP contribution is 2.13. The van der Waals surface area contributed by atoms with E-state index in [2.05, 4.69) is 15.3 Å². The summed E-state index contributed by atoms with van der Waals surface area (Å²) in [5.74, 6) is 0.792. The van der Waals surface area contributed by atoms with Crippen LogP contribution in [0.3, 0.4) is 0 Å². The quantitative estimate of drug-likeness (QED) is 0.744. The molecule has 4 heteroatoms. The molecular formula is C10H17N3O. The van der Waals surface area contributed by atoms with Crippen LogP contribution in [0.25, 0.3) is 0 Å². The number of nitrogens with zero attached hydrogens (tertiary/aromatic N) is 2. The van der Waals surface area contributed by atoms with Crippen LogP contribution in [0.4, 0.5) is 0 Å². The molecule has 1 aromatic heterocycles. The number of hydrogen-bond donors (Lipinski definition) is 2. The highest BCUT2D eigenvalue weighted by atomic mass is 16.3. The Bertz CT molecular complexity index is 301. The van der Waals surface area contributed by atoms with E-state index in [1.807, 2.05) is 27.0 Å². The van der Waals surface area contributed by atoms with Crippen molar-refractivity contribution in [2.45, 2.75) is 26.8 Å². The van der Waals surface area contributed by atoms with E-state index in [9.17, 15) is 0 Å². The van der Waals surface area contributed by atoms with Gasteiger partial charge in [0.1, 0.15) is 5.82 Å². The van der Waals surface area contributed by atoms with Gasteiger partial charge in [0.2, 0.25) is 0 Å². The SMILES string of the molecule is Cc1ncc(C(C)NCCO)c(C)n1. The molecule has 14 heavy (non-hydrogen) atoms. The third kappa shape index (κ3) is 2.75. The zero-order chi connectivity index (χ0) is 10.6. The molecule has 1 heterocycles. The van der Waals surface area contributed by atoms with Crippen LogP contribution in [-0.4, -0.2) is 28.2 Å². The zero-order valence-electron chi connectivity index (χ0n) is 8.91. The van der Waals surface area contributed by atoms with Crippen LogP contribution in [0.1, 0.15) is 30.0 Å². The fourth-order valence-corrected chi connectivity index (χ4v) is 1.41. The Labute approximate surface area is 84.4 Å². The van der Waals surface area contributed by atoms with Gasteiger partial charge in [-0.25, -0.2) is 9.97 Å². The van der Waals surface area contributed by atoms with Gasteiger partial charge in [0.15, 0.2) is 0 Å². The zero-order valence-corrected chi connectivity index (χ0v) is 8.91. The summed E-state index contributed by atoms with van der Waals surface area (Å²) in [4.78, 5) is 8.44. The first-order valence-electron chi connectivity index (χ1n) is 4.79. The summed E-state index contributed by atoms with van der Waals surface area (Å²) < 4.78 is 0. The molecule has 4 nitrogen and oxygen atoms in total. The Kier molecular flexibility index (Phi) is 3.98. The number of aliphatic hydroxyl groups is 1. The largest absolute Gasteiger partial charge is 0.395 e. The van der Waals surface area contributed by atoms with Gasteiger partial charge in [-0.2, -0.15) is 0 Å². The van der Waals surface area contributed by atoms with Gasteiger partial charge in [-0.3, -0.25) is 0 Å². The van der Waals surface area contributed by atoms with Crippen LogP contribution in [-0.2, 0) is 0 Å². The van der Waals surface area contributed by atoms with Gasteiger partial charge in [0.05, 0.1) is 6.61 Å². The molecule has 0 radical (unpaired) electrons. The maximum absolute atomic E-state index is 8.68. The molecule has 1 unspecified atom stereocenters. The molecule has 2 N–H and O–H groups in total. The lowest BCUT2D eigenvalue weighted by Gasteiger charge is -2.14. The van der Waals surface area contributed by atoms with E-state index in [-0.39, 0.29) is 12.6 Å². The van der Waals surface area contributed by atoms with Gasteiger partial charge in [-0.05, 0) is 20.8 Å². The summed E-state index contributed by atoms with van der Waals surface area (Å²) in [6.07, 6.45) is 1.84. The average molecular weight is 195 g/mol. The number of aliphatic hydroxyl groups excluding tert-OH is 1. The molecule has 0 aliphatic carbocycles. The molecule has 78 valence electrons. The van der Waals surface area contributed by atoms with Crippen molar-refractivity contribution >= 4 is 0 Å². The molecule has 0 aliphatic rings. The normalized spacial score (nSPS) is 12.9. The summed E-state index contributed by atoms with van der Waals surface area (Å²) in [5, 5.41) is 11.9. The average Bonchev–Trinajstić information content (AvgIpc) is 2.14. The molecule has 1 aromatic rings. The minimum atomic E-state index is 0.149. The Balaban J connectivity index is 2.74. The lowest BCUT2D eigenvalue weighted by molar-refractivity contribution is 0.286. The fourth-order valence-electron chi connectivity index (χ4n) is 1.41. The molecular weight excluding hydrogens is 178 g/mol. The standard InChI is InChI=1S/C10H17N3O/c1-7(11-4-5-14)10-6-12-9(3)13-8(10)2/h6-7,11,14H,4-5H2,1-3H3. The first-order valence-corrected chi connectivity index (χ1v) is 4.79. The van der Waals surface area contributed by atoms with Crippen molar-refractivity contribution in [1.82, 2.24) is 15.3 Å². The van der Waals surface area contributed by atoms with Crippen LogP contribution < -0.4 is 5.32 Å². The molecule has 0 saturated carbocycles. The van der Waals surface area contributed by atoms with Crippen molar-refractivity contribution in [3.05, 3.63) is 23.3 Å². The molecule has 0 aromatic carbocycles. The van der Waals surface area contributed by atoms with E-state index in [4.69, 9.17) is 5.11 Å². The summed E-state index contributed by atoms with van der Waals surface area (Å²) in [6, 6.07) is 0.183. The van der Waals surface area contributed by atoms with Crippen molar-refractivity contribution in [2.24, 2.45) is 0 Å². The topological polar surface area (TPSA) is 58.0 Å². The predicted octanol–water partition coefficient (Wildman–Crippen LogP) is 0.736. The van der Waals surface area contributed by atoms with Crippen LogP contribution in [0, 0.1) is 13.8 Å². The van der Waals surface area contributed by atoms with E-state index in [1.54, 1.807) is 0 Å². The summed E-state index contributed by atoms with van der Waals surface area (Å²) in [5.41, 5.74) is 2.08. The molecule has 0 fully saturated rings. The number of aryl methyl sites for hydroxylation is 2. The Morgan fingerprint density at radius 1 is 1.50 bits per heavy atom. The van der Waals surface area contributed by atoms with Gasteiger partial charge >= 0.3 is 0 Å². The highest BCUT2D eigenvalue weighted by Gasteiger charge is 2.08. The van der Waals surface area contributed by atoms with Gasteiger partial charge < -0.3 is 10.4 Å². The van der Waals surface area contributed by atoms with Gasteiger partial charge in [-0.15, -0.1) is 0 Å². The van der Waals surface area contributed by atoms with E-state index >= 15 is 0 Å². The van der Waals surface area contributed by atoms with Crippen molar-refractivity contribution < 1.29 is 5.11 Å². The third-order valence-corrected chi connectivity index (χ3v) is 2.17. The summed E-state index contributed by atoms with van der Waals surface area (Å²) in [7, 11) is 0. The Hall–Kier alpha value is -1.00. The van der Waals surface area contributed by atoms with Crippen molar-refractivity contribution in [2.75, 3.05) is 13.2 Å². The molecule has 0 spiro atoms. The highest BCUT2D eigenvalue weighted by molar-refractivity contribution is 5.19. The molecule has 0 amide bonds. The second-order valence-electron chi connectivity index (χ2n) is 3.36. The smallest absolute Gasteiger partial charge is 0.125 e. The van der Waals surface area contributed by atoms with E-state index < -0.39 is 0 Å². The lowest BCUT2D eigenvalue weighted by atomic mass is 10.1. The fraction of sp³-hybridized carbons (Fsp3) is 0.600. The van der Waals surface area contributed by atoms with E-state index in [0.29, 0.717) is 6.54 Å². The monoisotopic (exact) mass is 195 g/mol. The summed E-state index contributed by atoms with van der Waals surface area (Å²) >= 11 is 0. The van der Waals surface area contributed by atoms with Crippen LogP contribution in [0.5, 0.6) is 0 Å². The minimum Gasteiger partial charge on any atom is -0.395 e. The van der Waals surface area contributed by atoms with Crippen molar-refractivity contribution in [1.29, 1.82) is 0 Å². The van der Waals surface area contributed by atoms with Crippen LogP contribution >= 0.6 is 0 Å². The van der Waals surface area contributed by atoms with E-state index in [1.165, 1.54) is 0 Å². The summed E-state index contributed by atoms with van der Waals surface area (Å²) in [6.45, 7) is 6.63. The molecule has 1 rings (SSSR count). The minimum absolute atomic E-state index is 0.149. The molecule has 0 bridgehead atoms. The first-order chi connectivity index (χ1) is 6.65. The molecule has 0 saturated heterocycles. The second-order valence-corrected chi connectivity index (χ2v) is 3.36. The maximum Gasteiger partial charge on any atom is 0.125 e. The third-order valence-electron chi connectivity index (χ3n) is 2.17. The predicted molar refractivity (Wildman–Crippen MR) is 55.0 cm³/mol. The van der Waals surface area contributed by atoms with Crippen LogP contribution in [0.2, 0.25) is 0 Å². The Morgan fingerprint density at radius 3 is 2.79 bits per heavy atom. The lowest BCUT2D eigenvalue weighted by Crippen LogP contribution is -2.23. The van der Waals surface area contributed by atoms with Crippen LogP contribution in [0.15, 0.2) is 6.20 Å².